The van der Waals surface area contributed by atoms with E-state index in [2.05, 4.69) is 5.32 Å². The quantitative estimate of drug-likeness (QED) is 0.146. The highest BCUT2D eigenvalue weighted by atomic mass is 35.5. The molecule has 0 heterocycles. The fourth-order valence-electron chi connectivity index (χ4n) is 5.06. The van der Waals surface area contributed by atoms with Gasteiger partial charge in [-0.15, -0.1) is 0 Å². The Labute approximate surface area is 292 Å². The maximum absolute atomic E-state index is 14.6. The summed E-state index contributed by atoms with van der Waals surface area (Å²) in [7, 11) is -1.49. The number of rotatable bonds is 15. The second-order valence-electron chi connectivity index (χ2n) is 11.1. The van der Waals surface area contributed by atoms with Crippen molar-refractivity contribution in [1.29, 1.82) is 0 Å². The van der Waals surface area contributed by atoms with E-state index in [1.165, 1.54) is 37.3 Å². The number of nitrogens with one attached hydrogen (secondary N) is 1. The monoisotopic (exact) mass is 711 g/mol. The zero-order chi connectivity index (χ0) is 34.8. The van der Waals surface area contributed by atoms with E-state index in [9.17, 15) is 18.0 Å². The third-order valence-corrected chi connectivity index (χ3v) is 10.3. The number of halogens is 2. The molecule has 2 amide bonds. The number of hydrogen-bond acceptors (Lipinski definition) is 6. The van der Waals surface area contributed by atoms with Gasteiger partial charge in [0.2, 0.25) is 11.8 Å². The molecular formula is C36H39Cl2N3O6S. The molecule has 4 rings (SSSR count). The molecule has 0 aliphatic carbocycles. The fourth-order valence-corrected chi connectivity index (χ4v) is 6.95. The predicted molar refractivity (Wildman–Crippen MR) is 189 cm³/mol. The summed E-state index contributed by atoms with van der Waals surface area (Å²) >= 11 is 12.8. The van der Waals surface area contributed by atoms with Crippen molar-refractivity contribution in [2.75, 3.05) is 25.1 Å². The minimum Gasteiger partial charge on any atom is -0.493 e. The lowest BCUT2D eigenvalue weighted by Gasteiger charge is -2.34. The molecule has 2 atom stereocenters. The number of carbonyl (C=O) groups is 2. The Morgan fingerprint density at radius 1 is 0.854 bits per heavy atom. The lowest BCUT2D eigenvalue weighted by atomic mass is 10.0. The number of ether oxygens (including phenoxy) is 2. The van der Waals surface area contributed by atoms with Gasteiger partial charge in [0.1, 0.15) is 12.6 Å². The third kappa shape index (κ3) is 9.00. The molecule has 0 aliphatic rings. The van der Waals surface area contributed by atoms with Crippen LogP contribution in [0.1, 0.15) is 31.4 Å². The number of amides is 2. The van der Waals surface area contributed by atoms with E-state index in [-0.39, 0.29) is 41.2 Å². The van der Waals surface area contributed by atoms with Gasteiger partial charge in [0.15, 0.2) is 11.5 Å². The van der Waals surface area contributed by atoms with Crippen LogP contribution in [0, 0.1) is 0 Å². The molecule has 9 nitrogen and oxygen atoms in total. The second-order valence-corrected chi connectivity index (χ2v) is 13.9. The first-order valence-electron chi connectivity index (χ1n) is 15.4. The molecule has 0 saturated heterocycles. The van der Waals surface area contributed by atoms with Gasteiger partial charge in [0.25, 0.3) is 10.0 Å². The molecule has 0 saturated carbocycles. The normalized spacial score (nSPS) is 12.5. The summed E-state index contributed by atoms with van der Waals surface area (Å²) in [4.78, 5) is 29.9. The Morgan fingerprint density at radius 3 is 2.10 bits per heavy atom. The van der Waals surface area contributed by atoms with Crippen LogP contribution in [0.25, 0.3) is 0 Å². The lowest BCUT2D eigenvalue weighted by molar-refractivity contribution is -0.140. The Hall–Kier alpha value is -4.25. The molecule has 0 spiro atoms. The minimum atomic E-state index is -4.35. The second kappa shape index (κ2) is 16.7. The SMILES string of the molecule is CC[C@H](C)NC(=O)[C@@H](Cc1ccccc1)N(Cc1ccc(Cl)cc1Cl)C(=O)CN(c1ccccc1)S(=O)(=O)c1ccc(OC)c(OC)c1. The van der Waals surface area contributed by atoms with Crippen molar-refractivity contribution in [3.63, 3.8) is 0 Å². The van der Waals surface area contributed by atoms with Gasteiger partial charge < -0.3 is 19.7 Å². The molecule has 4 aromatic rings. The lowest BCUT2D eigenvalue weighted by Crippen LogP contribution is -2.54. The molecule has 254 valence electrons. The Bertz CT molecular complexity index is 1810. The van der Waals surface area contributed by atoms with Crippen LogP contribution >= 0.6 is 23.2 Å². The Balaban J connectivity index is 1.83. The van der Waals surface area contributed by atoms with Crippen molar-refractivity contribution in [3.8, 4) is 11.5 Å². The summed E-state index contributed by atoms with van der Waals surface area (Å²) in [5, 5.41) is 3.73. The van der Waals surface area contributed by atoms with Crippen LogP contribution in [0.3, 0.4) is 0 Å². The number of methoxy groups -OCH3 is 2. The summed E-state index contributed by atoms with van der Waals surface area (Å²) < 4.78 is 40.4. The van der Waals surface area contributed by atoms with Crippen LogP contribution in [0.5, 0.6) is 11.5 Å². The van der Waals surface area contributed by atoms with Crippen LogP contribution in [0.4, 0.5) is 5.69 Å². The van der Waals surface area contributed by atoms with Crippen molar-refractivity contribution >= 4 is 50.7 Å². The number of anilines is 1. The summed E-state index contributed by atoms with van der Waals surface area (Å²) in [6.45, 7) is 3.13. The fraction of sp³-hybridized carbons (Fsp3) is 0.278. The average Bonchev–Trinajstić information content (AvgIpc) is 3.09. The largest absolute Gasteiger partial charge is 0.493 e. The van der Waals surface area contributed by atoms with Crippen molar-refractivity contribution < 1.29 is 27.5 Å². The number of sulfonamides is 1. The first-order valence-corrected chi connectivity index (χ1v) is 17.6. The van der Waals surface area contributed by atoms with Crippen LogP contribution in [-0.2, 0) is 32.6 Å². The number of nitrogens with zero attached hydrogens (tertiary/aromatic N) is 2. The minimum absolute atomic E-state index is 0.0840. The van der Waals surface area contributed by atoms with Gasteiger partial charge in [-0.1, -0.05) is 84.7 Å². The number of hydrogen-bond donors (Lipinski definition) is 1. The van der Waals surface area contributed by atoms with Gasteiger partial charge in [-0.2, -0.15) is 0 Å². The van der Waals surface area contributed by atoms with E-state index in [4.69, 9.17) is 32.7 Å². The molecule has 0 fully saturated rings. The molecule has 1 N–H and O–H groups in total. The molecule has 4 aromatic carbocycles. The topological polar surface area (TPSA) is 105 Å². The Kier molecular flexibility index (Phi) is 12.7. The van der Waals surface area contributed by atoms with Gasteiger partial charge in [0.05, 0.1) is 24.8 Å². The highest BCUT2D eigenvalue weighted by molar-refractivity contribution is 7.92. The summed E-state index contributed by atoms with van der Waals surface area (Å²) in [6, 6.07) is 25.6. The van der Waals surface area contributed by atoms with Gasteiger partial charge in [-0.3, -0.25) is 13.9 Å². The van der Waals surface area contributed by atoms with Crippen LogP contribution < -0.4 is 19.1 Å². The molecular weight excluding hydrogens is 673 g/mol. The third-order valence-electron chi connectivity index (χ3n) is 7.89. The first kappa shape index (κ1) is 36.6. The summed E-state index contributed by atoms with van der Waals surface area (Å²) in [5.74, 6) is -0.433. The maximum atomic E-state index is 14.6. The molecule has 48 heavy (non-hydrogen) atoms. The zero-order valence-corrected chi connectivity index (χ0v) is 29.6. The molecule has 0 aromatic heterocycles. The van der Waals surface area contributed by atoms with Gasteiger partial charge in [0, 0.05) is 35.1 Å². The van der Waals surface area contributed by atoms with Crippen LogP contribution in [-0.4, -0.2) is 58.0 Å². The number of para-hydroxylation sites is 1. The summed E-state index contributed by atoms with van der Waals surface area (Å²) in [5.41, 5.74) is 1.62. The number of benzene rings is 4. The summed E-state index contributed by atoms with van der Waals surface area (Å²) in [6.07, 6.45) is 0.847. The van der Waals surface area contributed by atoms with Gasteiger partial charge in [-0.05, 0) is 60.9 Å². The maximum Gasteiger partial charge on any atom is 0.264 e. The van der Waals surface area contributed by atoms with Gasteiger partial charge >= 0.3 is 0 Å². The van der Waals surface area contributed by atoms with Crippen molar-refractivity contribution in [3.05, 3.63) is 118 Å². The predicted octanol–water partition coefficient (Wildman–Crippen LogP) is 6.76. The number of carbonyl (C=O) groups excluding carboxylic acids is 2. The van der Waals surface area contributed by atoms with Crippen LogP contribution in [0.15, 0.2) is 102 Å². The van der Waals surface area contributed by atoms with E-state index < -0.39 is 28.5 Å². The molecule has 0 unspecified atom stereocenters. The average molecular weight is 713 g/mol. The highest BCUT2D eigenvalue weighted by Gasteiger charge is 2.35. The van der Waals surface area contributed by atoms with E-state index in [0.29, 0.717) is 27.8 Å². The van der Waals surface area contributed by atoms with Crippen molar-refractivity contribution in [1.82, 2.24) is 10.2 Å². The zero-order valence-electron chi connectivity index (χ0n) is 27.2. The first-order chi connectivity index (χ1) is 23.0. The smallest absolute Gasteiger partial charge is 0.264 e. The standard InChI is InChI=1S/C36H39Cl2N3O6S/c1-5-25(2)39-36(43)32(20-26-12-8-6-9-13-26)40(23-27-16-17-28(37)21-31(27)38)35(42)24-41(29-14-10-7-11-15-29)48(44,45)30-18-19-33(46-3)34(22-30)47-4/h6-19,21-22,25,32H,5,20,23-24H2,1-4H3,(H,39,43)/t25-,32+/m0/s1. The molecule has 0 radical (unpaired) electrons. The molecule has 0 bridgehead atoms. The highest BCUT2D eigenvalue weighted by Crippen LogP contribution is 2.33. The van der Waals surface area contributed by atoms with E-state index in [1.54, 1.807) is 48.5 Å². The Morgan fingerprint density at radius 2 is 1.50 bits per heavy atom. The van der Waals surface area contributed by atoms with Gasteiger partial charge in [-0.25, -0.2) is 8.42 Å². The van der Waals surface area contributed by atoms with E-state index in [1.807, 2.05) is 44.2 Å². The van der Waals surface area contributed by atoms with Crippen molar-refractivity contribution in [2.24, 2.45) is 0 Å². The van der Waals surface area contributed by atoms with E-state index in [0.717, 1.165) is 9.87 Å². The molecule has 0 aliphatic heterocycles. The molecule has 12 heteroatoms. The van der Waals surface area contributed by atoms with E-state index >= 15 is 0 Å². The van der Waals surface area contributed by atoms with Crippen LogP contribution in [0.2, 0.25) is 10.0 Å². The van der Waals surface area contributed by atoms with Crippen molar-refractivity contribution in [2.45, 2.75) is 50.2 Å².